The second kappa shape index (κ2) is 9.24. The highest BCUT2D eigenvalue weighted by Gasteiger charge is 2.17. The molecule has 8 nitrogen and oxygen atoms in total. The fourth-order valence-corrected chi connectivity index (χ4v) is 2.97. The highest BCUT2D eigenvalue weighted by molar-refractivity contribution is 7.71. The van der Waals surface area contributed by atoms with Crippen LogP contribution in [0.25, 0.3) is 11.4 Å². The molecular formula is C20H22N4O4S. The quantitative estimate of drug-likeness (QED) is 0.444. The van der Waals surface area contributed by atoms with Gasteiger partial charge in [0.05, 0.1) is 34.2 Å². The Kier molecular flexibility index (Phi) is 6.50. The second-order valence-electron chi connectivity index (χ2n) is 5.79. The Labute approximate surface area is 173 Å². The van der Waals surface area contributed by atoms with E-state index in [1.54, 1.807) is 39.7 Å². The zero-order valence-electron chi connectivity index (χ0n) is 16.6. The third-order valence-electron chi connectivity index (χ3n) is 4.10. The maximum absolute atomic E-state index is 5.64. The van der Waals surface area contributed by atoms with Crippen LogP contribution >= 0.6 is 12.2 Å². The Morgan fingerprint density at radius 2 is 1.76 bits per heavy atom. The number of H-pyrrole nitrogens is 1. The zero-order valence-corrected chi connectivity index (χ0v) is 17.4. The van der Waals surface area contributed by atoms with Gasteiger partial charge in [0.15, 0.2) is 17.3 Å². The molecule has 0 aliphatic carbocycles. The fraction of sp³-hybridized carbons (Fsp3) is 0.250. The lowest BCUT2D eigenvalue weighted by atomic mass is 10.1. The molecule has 3 aromatic rings. The Morgan fingerprint density at radius 1 is 1.07 bits per heavy atom. The van der Waals surface area contributed by atoms with Crippen LogP contribution in [0.5, 0.6) is 23.0 Å². The van der Waals surface area contributed by atoms with E-state index >= 15 is 0 Å². The van der Waals surface area contributed by atoms with E-state index in [4.69, 9.17) is 31.2 Å². The highest BCUT2D eigenvalue weighted by Crippen LogP contribution is 2.40. The van der Waals surface area contributed by atoms with Crippen molar-refractivity contribution < 1.29 is 18.9 Å². The van der Waals surface area contributed by atoms with Gasteiger partial charge in [0.1, 0.15) is 5.75 Å². The maximum atomic E-state index is 5.64. The molecule has 0 saturated carbocycles. The molecule has 1 N–H and O–H groups in total. The number of aromatic nitrogens is 3. The van der Waals surface area contributed by atoms with E-state index in [9.17, 15) is 0 Å². The number of aromatic amines is 1. The van der Waals surface area contributed by atoms with Gasteiger partial charge in [-0.15, -0.1) is 0 Å². The second-order valence-corrected chi connectivity index (χ2v) is 6.18. The standard InChI is InChI=1S/C20H22N4O4S/c1-5-28-15-9-7-6-8-13(15)12-21-24-19(22-23-20(24)29)14-10-16(25-2)18(27-4)17(11-14)26-3/h6-12H,5H2,1-4H3,(H,23,29). The first-order chi connectivity index (χ1) is 14.1. The highest BCUT2D eigenvalue weighted by atomic mass is 32.1. The summed E-state index contributed by atoms with van der Waals surface area (Å²) in [5.74, 6) is 2.75. The minimum Gasteiger partial charge on any atom is -0.493 e. The lowest BCUT2D eigenvalue weighted by Gasteiger charge is -2.13. The van der Waals surface area contributed by atoms with Crippen LogP contribution in [0.3, 0.4) is 0 Å². The molecule has 29 heavy (non-hydrogen) atoms. The monoisotopic (exact) mass is 414 g/mol. The molecule has 0 bridgehead atoms. The minimum absolute atomic E-state index is 0.346. The van der Waals surface area contributed by atoms with E-state index in [1.807, 2.05) is 31.2 Å². The molecule has 0 spiro atoms. The zero-order chi connectivity index (χ0) is 20.8. The number of nitrogens with one attached hydrogen (secondary N) is 1. The summed E-state index contributed by atoms with van der Waals surface area (Å²) in [6.45, 7) is 2.50. The first kappa shape index (κ1) is 20.4. The van der Waals surface area contributed by atoms with Crippen LogP contribution in [0.1, 0.15) is 12.5 Å². The summed E-state index contributed by atoms with van der Waals surface area (Å²) in [5.41, 5.74) is 1.52. The van der Waals surface area contributed by atoms with Gasteiger partial charge in [-0.05, 0) is 43.4 Å². The van der Waals surface area contributed by atoms with Crippen molar-refractivity contribution >= 4 is 18.4 Å². The van der Waals surface area contributed by atoms with Crippen molar-refractivity contribution in [2.24, 2.45) is 5.10 Å². The van der Waals surface area contributed by atoms with E-state index in [0.29, 0.717) is 40.0 Å². The molecule has 0 unspecified atom stereocenters. The molecule has 0 fully saturated rings. The number of hydrogen-bond acceptors (Lipinski definition) is 7. The lowest BCUT2D eigenvalue weighted by Crippen LogP contribution is -2.00. The molecule has 2 aromatic carbocycles. The first-order valence-corrected chi connectivity index (χ1v) is 9.27. The first-order valence-electron chi connectivity index (χ1n) is 8.86. The van der Waals surface area contributed by atoms with Gasteiger partial charge in [0, 0.05) is 11.1 Å². The van der Waals surface area contributed by atoms with Gasteiger partial charge in [0.25, 0.3) is 0 Å². The van der Waals surface area contributed by atoms with Crippen LogP contribution in [0, 0.1) is 4.77 Å². The molecule has 0 saturated heterocycles. The lowest BCUT2D eigenvalue weighted by molar-refractivity contribution is 0.324. The van der Waals surface area contributed by atoms with E-state index in [-0.39, 0.29) is 0 Å². The summed E-state index contributed by atoms with van der Waals surface area (Å²) in [4.78, 5) is 0. The Bertz CT molecular complexity index is 1050. The Hall–Kier alpha value is -3.33. The molecule has 0 atom stereocenters. The topological polar surface area (TPSA) is 82.9 Å². The van der Waals surface area contributed by atoms with Crippen LogP contribution in [-0.4, -0.2) is 49.0 Å². The van der Waals surface area contributed by atoms with Crippen LogP contribution in [0.4, 0.5) is 0 Å². The van der Waals surface area contributed by atoms with Gasteiger partial charge < -0.3 is 18.9 Å². The normalized spacial score (nSPS) is 10.9. The van der Waals surface area contributed by atoms with E-state index in [1.165, 1.54) is 4.68 Å². The molecule has 3 rings (SSSR count). The smallest absolute Gasteiger partial charge is 0.216 e. The summed E-state index contributed by atoms with van der Waals surface area (Å²) < 4.78 is 23.7. The van der Waals surface area contributed by atoms with E-state index in [2.05, 4.69) is 15.3 Å². The molecule has 9 heteroatoms. The van der Waals surface area contributed by atoms with Crippen molar-refractivity contribution in [2.45, 2.75) is 6.92 Å². The number of hydrogen-bond donors (Lipinski definition) is 1. The average molecular weight is 414 g/mol. The molecule has 1 heterocycles. The number of para-hydroxylation sites is 1. The predicted octanol–water partition coefficient (Wildman–Crippen LogP) is 3.91. The molecule has 1 aromatic heterocycles. The molecule has 0 aliphatic heterocycles. The van der Waals surface area contributed by atoms with Crippen molar-refractivity contribution in [3.8, 4) is 34.4 Å². The summed E-state index contributed by atoms with van der Waals surface area (Å²) in [5, 5.41) is 11.6. The number of ether oxygens (including phenoxy) is 4. The summed E-state index contributed by atoms with van der Waals surface area (Å²) in [6, 6.07) is 11.2. The third kappa shape index (κ3) is 4.24. The van der Waals surface area contributed by atoms with E-state index < -0.39 is 0 Å². The third-order valence-corrected chi connectivity index (χ3v) is 4.37. The largest absolute Gasteiger partial charge is 0.493 e. The van der Waals surface area contributed by atoms with Gasteiger partial charge in [-0.2, -0.15) is 14.9 Å². The Morgan fingerprint density at radius 3 is 2.38 bits per heavy atom. The van der Waals surface area contributed by atoms with Crippen LogP contribution < -0.4 is 18.9 Å². The summed E-state index contributed by atoms with van der Waals surface area (Å²) >= 11 is 5.36. The van der Waals surface area contributed by atoms with Crippen molar-refractivity contribution in [1.29, 1.82) is 0 Å². The van der Waals surface area contributed by atoms with Gasteiger partial charge >= 0.3 is 0 Å². The molecule has 0 aliphatic rings. The molecule has 0 amide bonds. The van der Waals surface area contributed by atoms with Crippen molar-refractivity contribution in [1.82, 2.24) is 14.9 Å². The van der Waals surface area contributed by atoms with Crippen molar-refractivity contribution in [2.75, 3.05) is 27.9 Å². The van der Waals surface area contributed by atoms with Crippen LogP contribution in [0.2, 0.25) is 0 Å². The fourth-order valence-electron chi connectivity index (χ4n) is 2.79. The average Bonchev–Trinajstić information content (AvgIpc) is 3.12. The molecule has 0 radical (unpaired) electrons. The maximum Gasteiger partial charge on any atom is 0.216 e. The minimum atomic E-state index is 0.346. The summed E-state index contributed by atoms with van der Waals surface area (Å²) in [7, 11) is 4.66. The summed E-state index contributed by atoms with van der Waals surface area (Å²) in [6.07, 6.45) is 1.68. The van der Waals surface area contributed by atoms with Crippen LogP contribution in [0.15, 0.2) is 41.5 Å². The van der Waals surface area contributed by atoms with Gasteiger partial charge in [-0.1, -0.05) is 12.1 Å². The number of methoxy groups -OCH3 is 3. The van der Waals surface area contributed by atoms with Crippen molar-refractivity contribution in [3.05, 3.63) is 46.7 Å². The number of benzene rings is 2. The number of rotatable bonds is 8. The predicted molar refractivity (Wildman–Crippen MR) is 113 cm³/mol. The van der Waals surface area contributed by atoms with Gasteiger partial charge in [-0.25, -0.2) is 5.10 Å². The van der Waals surface area contributed by atoms with E-state index in [0.717, 1.165) is 11.3 Å². The molecular weight excluding hydrogens is 392 g/mol. The Balaban J connectivity index is 2.07. The number of nitrogens with zero attached hydrogens (tertiary/aromatic N) is 3. The molecule has 152 valence electrons. The van der Waals surface area contributed by atoms with Gasteiger partial charge in [-0.3, -0.25) is 0 Å². The SMILES string of the molecule is CCOc1ccccc1C=Nn1c(-c2cc(OC)c(OC)c(OC)c2)n[nH]c1=S. The van der Waals surface area contributed by atoms with Gasteiger partial charge in [0.2, 0.25) is 10.5 Å². The van der Waals surface area contributed by atoms with Crippen molar-refractivity contribution in [3.63, 3.8) is 0 Å². The van der Waals surface area contributed by atoms with Crippen LogP contribution in [-0.2, 0) is 0 Å².